The van der Waals surface area contributed by atoms with Gasteiger partial charge < -0.3 is 5.11 Å². The van der Waals surface area contributed by atoms with Gasteiger partial charge in [0.15, 0.2) is 5.78 Å². The highest BCUT2D eigenvalue weighted by Crippen LogP contribution is 2.35. The highest BCUT2D eigenvalue weighted by molar-refractivity contribution is 6.30. The second kappa shape index (κ2) is 5.58. The molecule has 1 unspecified atom stereocenters. The van der Waals surface area contributed by atoms with E-state index < -0.39 is 5.97 Å². The second-order valence-corrected chi connectivity index (χ2v) is 6.07. The molecule has 1 aliphatic rings. The highest BCUT2D eigenvalue weighted by atomic mass is 35.5. The number of Topliss-reactive ketones (excluding diaryl/α,β-unsaturated/α-hetero) is 1. The largest absolute Gasteiger partial charge is 0.478 e. The van der Waals surface area contributed by atoms with Crippen molar-refractivity contribution in [2.75, 3.05) is 0 Å². The number of carboxylic acid groups (broad SMARTS) is 1. The molecule has 2 aromatic carbocycles. The standard InChI is InChI=1S/C18H15ClO3/c1-10-8-13(19)4-7-14(10)16-6-2-11-9-12(18(21)22)3-5-15(11)17(16)20/h3-5,7-9,16H,2,6H2,1H3,(H,21,22). The van der Waals surface area contributed by atoms with Gasteiger partial charge in [-0.25, -0.2) is 4.79 Å². The minimum absolute atomic E-state index is 0.0589. The van der Waals surface area contributed by atoms with Crippen molar-refractivity contribution in [3.8, 4) is 0 Å². The van der Waals surface area contributed by atoms with Crippen LogP contribution < -0.4 is 0 Å². The van der Waals surface area contributed by atoms with Crippen molar-refractivity contribution in [2.45, 2.75) is 25.7 Å². The fraction of sp³-hybridized carbons (Fsp3) is 0.222. The summed E-state index contributed by atoms with van der Waals surface area (Å²) in [7, 11) is 0. The van der Waals surface area contributed by atoms with E-state index in [1.54, 1.807) is 18.2 Å². The van der Waals surface area contributed by atoms with Crippen molar-refractivity contribution in [2.24, 2.45) is 0 Å². The molecule has 1 aliphatic carbocycles. The van der Waals surface area contributed by atoms with Crippen LogP contribution in [0.3, 0.4) is 0 Å². The van der Waals surface area contributed by atoms with Gasteiger partial charge in [0, 0.05) is 16.5 Å². The van der Waals surface area contributed by atoms with Crippen LogP contribution in [-0.4, -0.2) is 16.9 Å². The summed E-state index contributed by atoms with van der Waals surface area (Å²) in [6.07, 6.45) is 1.40. The number of aromatic carboxylic acids is 1. The summed E-state index contributed by atoms with van der Waals surface area (Å²) in [5, 5.41) is 9.71. The summed E-state index contributed by atoms with van der Waals surface area (Å²) in [4.78, 5) is 23.8. The van der Waals surface area contributed by atoms with Crippen LogP contribution in [0.25, 0.3) is 0 Å². The van der Waals surface area contributed by atoms with E-state index in [0.29, 0.717) is 23.4 Å². The number of hydrogen-bond donors (Lipinski definition) is 1. The Labute approximate surface area is 133 Å². The summed E-state index contributed by atoms with van der Waals surface area (Å²) in [5.41, 5.74) is 3.70. The molecular formula is C18H15ClO3. The average Bonchev–Trinajstić information content (AvgIpc) is 2.48. The van der Waals surface area contributed by atoms with E-state index in [2.05, 4.69) is 0 Å². The van der Waals surface area contributed by atoms with E-state index in [-0.39, 0.29) is 17.3 Å². The Hall–Kier alpha value is -2.13. The first-order valence-electron chi connectivity index (χ1n) is 7.14. The Balaban J connectivity index is 1.99. The van der Waals surface area contributed by atoms with Gasteiger partial charge in [-0.1, -0.05) is 23.7 Å². The molecule has 4 heteroatoms. The van der Waals surface area contributed by atoms with E-state index in [1.165, 1.54) is 6.07 Å². The van der Waals surface area contributed by atoms with Gasteiger partial charge >= 0.3 is 5.97 Å². The van der Waals surface area contributed by atoms with Gasteiger partial charge in [-0.05, 0) is 60.7 Å². The van der Waals surface area contributed by atoms with Crippen LogP contribution in [0.4, 0.5) is 0 Å². The highest BCUT2D eigenvalue weighted by Gasteiger charge is 2.30. The fourth-order valence-corrected chi connectivity index (χ4v) is 3.35. The first-order valence-corrected chi connectivity index (χ1v) is 7.51. The molecule has 0 heterocycles. The fourth-order valence-electron chi connectivity index (χ4n) is 3.12. The summed E-state index contributed by atoms with van der Waals surface area (Å²) < 4.78 is 0. The van der Waals surface area contributed by atoms with Gasteiger partial charge in [-0.3, -0.25) is 4.79 Å². The van der Waals surface area contributed by atoms with Gasteiger partial charge in [0.05, 0.1) is 5.56 Å². The van der Waals surface area contributed by atoms with E-state index >= 15 is 0 Å². The number of benzene rings is 2. The topological polar surface area (TPSA) is 54.4 Å². The van der Waals surface area contributed by atoms with Crippen molar-refractivity contribution < 1.29 is 14.7 Å². The van der Waals surface area contributed by atoms with Crippen LogP contribution >= 0.6 is 11.6 Å². The maximum Gasteiger partial charge on any atom is 0.335 e. The third-order valence-corrected chi connectivity index (χ3v) is 4.48. The second-order valence-electron chi connectivity index (χ2n) is 5.63. The van der Waals surface area contributed by atoms with Crippen molar-refractivity contribution in [1.82, 2.24) is 0 Å². The van der Waals surface area contributed by atoms with Gasteiger partial charge in [0.2, 0.25) is 0 Å². The molecule has 1 atom stereocenters. The lowest BCUT2D eigenvalue weighted by atomic mass is 9.77. The third-order valence-electron chi connectivity index (χ3n) is 4.24. The quantitative estimate of drug-likeness (QED) is 0.901. The van der Waals surface area contributed by atoms with Crippen LogP contribution in [0.15, 0.2) is 36.4 Å². The number of halogens is 1. The Morgan fingerprint density at radius 1 is 1.23 bits per heavy atom. The van der Waals surface area contributed by atoms with Crippen LogP contribution in [0.1, 0.15) is 49.7 Å². The molecule has 0 aliphatic heterocycles. The molecule has 0 bridgehead atoms. The molecule has 0 amide bonds. The average molecular weight is 315 g/mol. The maximum atomic E-state index is 12.8. The lowest BCUT2D eigenvalue weighted by Gasteiger charge is -2.25. The molecule has 0 saturated carbocycles. The lowest BCUT2D eigenvalue weighted by Crippen LogP contribution is -2.22. The van der Waals surface area contributed by atoms with Crippen molar-refractivity contribution in [3.05, 3.63) is 69.2 Å². The number of hydrogen-bond acceptors (Lipinski definition) is 2. The zero-order chi connectivity index (χ0) is 15.9. The first kappa shape index (κ1) is 14.8. The molecule has 0 radical (unpaired) electrons. The minimum Gasteiger partial charge on any atom is -0.478 e. The molecule has 1 N–H and O–H groups in total. The molecule has 3 nitrogen and oxygen atoms in total. The molecule has 0 fully saturated rings. The summed E-state index contributed by atoms with van der Waals surface area (Å²) in [6.45, 7) is 1.96. The Kier molecular flexibility index (Phi) is 3.75. The molecule has 22 heavy (non-hydrogen) atoms. The van der Waals surface area contributed by atoms with Crippen LogP contribution in [-0.2, 0) is 6.42 Å². The van der Waals surface area contributed by atoms with Crippen LogP contribution in [0.2, 0.25) is 5.02 Å². The van der Waals surface area contributed by atoms with Gasteiger partial charge in [0.25, 0.3) is 0 Å². The van der Waals surface area contributed by atoms with E-state index in [4.69, 9.17) is 16.7 Å². The SMILES string of the molecule is Cc1cc(Cl)ccc1C1CCc2cc(C(=O)O)ccc2C1=O. The van der Waals surface area contributed by atoms with Crippen LogP contribution in [0, 0.1) is 6.92 Å². The summed E-state index contributed by atoms with van der Waals surface area (Å²) >= 11 is 5.98. The maximum absolute atomic E-state index is 12.8. The summed E-state index contributed by atoms with van der Waals surface area (Å²) in [5.74, 6) is -1.09. The smallest absolute Gasteiger partial charge is 0.335 e. The number of carboxylic acids is 1. The number of rotatable bonds is 2. The van der Waals surface area contributed by atoms with Crippen LogP contribution in [0.5, 0.6) is 0 Å². The predicted octanol–water partition coefficient (Wildman–Crippen LogP) is 4.26. The van der Waals surface area contributed by atoms with Gasteiger partial charge in [0.1, 0.15) is 0 Å². The van der Waals surface area contributed by atoms with E-state index in [0.717, 1.165) is 16.7 Å². The minimum atomic E-state index is -0.967. The molecule has 0 saturated heterocycles. The van der Waals surface area contributed by atoms with Crippen molar-refractivity contribution in [1.29, 1.82) is 0 Å². The predicted molar refractivity (Wildman–Crippen MR) is 85.0 cm³/mol. The zero-order valence-corrected chi connectivity index (χ0v) is 12.9. The van der Waals surface area contributed by atoms with Gasteiger partial charge in [-0.15, -0.1) is 0 Å². The Morgan fingerprint density at radius 2 is 2.00 bits per heavy atom. The number of aryl methyl sites for hydroxylation is 2. The first-order chi connectivity index (χ1) is 10.5. The number of carbonyl (C=O) groups excluding carboxylic acids is 1. The molecule has 0 aromatic heterocycles. The van der Waals surface area contributed by atoms with E-state index in [1.807, 2.05) is 19.1 Å². The number of fused-ring (bicyclic) bond motifs is 1. The van der Waals surface area contributed by atoms with Crippen molar-refractivity contribution in [3.63, 3.8) is 0 Å². The summed E-state index contributed by atoms with van der Waals surface area (Å²) in [6, 6.07) is 10.3. The number of ketones is 1. The molecule has 112 valence electrons. The molecule has 2 aromatic rings. The lowest BCUT2D eigenvalue weighted by molar-refractivity contribution is 0.0696. The zero-order valence-electron chi connectivity index (χ0n) is 12.1. The van der Waals surface area contributed by atoms with Crippen molar-refractivity contribution >= 4 is 23.4 Å². The number of carbonyl (C=O) groups is 2. The van der Waals surface area contributed by atoms with Gasteiger partial charge in [-0.2, -0.15) is 0 Å². The van der Waals surface area contributed by atoms with E-state index in [9.17, 15) is 9.59 Å². The Bertz CT molecular complexity index is 780. The third kappa shape index (κ3) is 2.53. The Morgan fingerprint density at radius 3 is 2.68 bits per heavy atom. The monoisotopic (exact) mass is 314 g/mol. The normalized spacial score (nSPS) is 17.2. The molecule has 3 rings (SSSR count). The molecule has 0 spiro atoms. The molecular weight excluding hydrogens is 300 g/mol.